The molecule has 1 fully saturated rings. The molecular formula is C14H19N3. The molecule has 17 heavy (non-hydrogen) atoms. The Morgan fingerprint density at radius 1 is 1.41 bits per heavy atom. The molecule has 1 saturated carbocycles. The standard InChI is InChI=1S/C14H19N3/c1-11(12-6-7-12)15-8-9-17-14-5-3-2-4-13(14)10-16-17/h2-5,10-12,15H,6-9H2,1H3. The predicted molar refractivity (Wildman–Crippen MR) is 69.9 cm³/mol. The number of hydrogen-bond donors (Lipinski definition) is 1. The Morgan fingerprint density at radius 2 is 2.24 bits per heavy atom. The molecule has 1 aliphatic carbocycles. The van der Waals surface area contributed by atoms with Crippen molar-refractivity contribution in [3.05, 3.63) is 30.5 Å². The van der Waals surface area contributed by atoms with Crippen molar-refractivity contribution in [1.29, 1.82) is 0 Å². The van der Waals surface area contributed by atoms with Gasteiger partial charge in [-0.25, -0.2) is 0 Å². The van der Waals surface area contributed by atoms with Crippen LogP contribution in [0.25, 0.3) is 10.9 Å². The summed E-state index contributed by atoms with van der Waals surface area (Å²) in [5, 5.41) is 9.24. The van der Waals surface area contributed by atoms with Crippen LogP contribution in [0, 0.1) is 5.92 Å². The first kappa shape index (κ1) is 10.8. The Bertz CT molecular complexity index is 499. The highest BCUT2D eigenvalue weighted by atomic mass is 15.3. The Labute approximate surface area is 102 Å². The summed E-state index contributed by atoms with van der Waals surface area (Å²) in [6.45, 7) is 4.24. The van der Waals surface area contributed by atoms with Crippen molar-refractivity contribution in [3.8, 4) is 0 Å². The maximum atomic E-state index is 4.43. The number of nitrogens with one attached hydrogen (secondary N) is 1. The average Bonchev–Trinajstić information content (AvgIpc) is 3.12. The number of rotatable bonds is 5. The first-order chi connectivity index (χ1) is 8.34. The largest absolute Gasteiger partial charge is 0.312 e. The Balaban J connectivity index is 1.60. The van der Waals surface area contributed by atoms with Crippen LogP contribution in [-0.2, 0) is 6.54 Å². The molecule has 2 aromatic rings. The maximum Gasteiger partial charge on any atom is 0.0682 e. The van der Waals surface area contributed by atoms with Gasteiger partial charge in [0.15, 0.2) is 0 Å². The molecule has 0 saturated heterocycles. The third-order valence-corrected chi connectivity index (χ3v) is 3.67. The topological polar surface area (TPSA) is 29.9 Å². The number of para-hydroxylation sites is 1. The summed E-state index contributed by atoms with van der Waals surface area (Å²) in [6.07, 6.45) is 4.75. The maximum absolute atomic E-state index is 4.43. The molecule has 1 atom stereocenters. The normalized spacial score (nSPS) is 17.5. The van der Waals surface area contributed by atoms with Gasteiger partial charge in [-0.15, -0.1) is 0 Å². The summed E-state index contributed by atoms with van der Waals surface area (Å²) in [5.74, 6) is 0.921. The lowest BCUT2D eigenvalue weighted by Gasteiger charge is -2.12. The lowest BCUT2D eigenvalue weighted by atomic mass is 10.2. The van der Waals surface area contributed by atoms with Gasteiger partial charge in [0.2, 0.25) is 0 Å². The summed E-state index contributed by atoms with van der Waals surface area (Å²) in [6, 6.07) is 9.03. The zero-order chi connectivity index (χ0) is 11.7. The second-order valence-corrected chi connectivity index (χ2v) is 5.01. The van der Waals surface area contributed by atoms with E-state index in [1.54, 1.807) is 0 Å². The van der Waals surface area contributed by atoms with Crippen LogP contribution >= 0.6 is 0 Å². The Kier molecular flexibility index (Phi) is 2.85. The van der Waals surface area contributed by atoms with E-state index in [4.69, 9.17) is 0 Å². The van der Waals surface area contributed by atoms with Gasteiger partial charge in [0.25, 0.3) is 0 Å². The minimum Gasteiger partial charge on any atom is -0.312 e. The highest BCUT2D eigenvalue weighted by Gasteiger charge is 2.27. The van der Waals surface area contributed by atoms with Crippen LogP contribution in [0.3, 0.4) is 0 Å². The van der Waals surface area contributed by atoms with E-state index in [1.807, 2.05) is 6.20 Å². The van der Waals surface area contributed by atoms with Gasteiger partial charge in [0.1, 0.15) is 0 Å². The fourth-order valence-corrected chi connectivity index (χ4v) is 2.37. The fourth-order valence-electron chi connectivity index (χ4n) is 2.37. The van der Waals surface area contributed by atoms with Crippen molar-refractivity contribution >= 4 is 10.9 Å². The van der Waals surface area contributed by atoms with Crippen LogP contribution < -0.4 is 5.32 Å². The molecule has 0 radical (unpaired) electrons. The lowest BCUT2D eigenvalue weighted by Crippen LogP contribution is -2.31. The van der Waals surface area contributed by atoms with Crippen molar-refractivity contribution in [3.63, 3.8) is 0 Å². The molecule has 1 N–H and O–H groups in total. The molecule has 0 spiro atoms. The van der Waals surface area contributed by atoms with Crippen LogP contribution in [0.15, 0.2) is 30.5 Å². The molecular weight excluding hydrogens is 210 g/mol. The van der Waals surface area contributed by atoms with Crippen molar-refractivity contribution in [2.24, 2.45) is 5.92 Å². The van der Waals surface area contributed by atoms with Gasteiger partial charge >= 0.3 is 0 Å². The SMILES string of the molecule is CC(NCCn1ncc2ccccc21)C1CC1. The van der Waals surface area contributed by atoms with E-state index in [0.717, 1.165) is 19.0 Å². The molecule has 1 unspecified atom stereocenters. The van der Waals surface area contributed by atoms with Crippen LogP contribution in [0.4, 0.5) is 0 Å². The van der Waals surface area contributed by atoms with E-state index in [0.29, 0.717) is 6.04 Å². The second kappa shape index (κ2) is 4.49. The van der Waals surface area contributed by atoms with Gasteiger partial charge in [0, 0.05) is 18.0 Å². The summed E-state index contributed by atoms with van der Waals surface area (Å²) < 4.78 is 2.09. The molecule has 0 aliphatic heterocycles. The number of fused-ring (bicyclic) bond motifs is 1. The Hall–Kier alpha value is -1.35. The van der Waals surface area contributed by atoms with Gasteiger partial charge in [-0.3, -0.25) is 4.68 Å². The van der Waals surface area contributed by atoms with E-state index >= 15 is 0 Å². The quantitative estimate of drug-likeness (QED) is 0.853. The van der Waals surface area contributed by atoms with Crippen LogP contribution in [0.5, 0.6) is 0 Å². The predicted octanol–water partition coefficient (Wildman–Crippen LogP) is 2.42. The lowest BCUT2D eigenvalue weighted by molar-refractivity contribution is 0.467. The molecule has 90 valence electrons. The highest BCUT2D eigenvalue weighted by molar-refractivity contribution is 5.78. The highest BCUT2D eigenvalue weighted by Crippen LogP contribution is 2.32. The molecule has 3 nitrogen and oxygen atoms in total. The van der Waals surface area contributed by atoms with Crippen LogP contribution in [-0.4, -0.2) is 22.4 Å². The molecule has 3 heteroatoms. The van der Waals surface area contributed by atoms with Crippen molar-refractivity contribution in [1.82, 2.24) is 15.1 Å². The van der Waals surface area contributed by atoms with Crippen molar-refractivity contribution < 1.29 is 0 Å². The third kappa shape index (κ3) is 2.34. The molecule has 1 aliphatic rings. The zero-order valence-electron chi connectivity index (χ0n) is 10.3. The average molecular weight is 229 g/mol. The first-order valence-corrected chi connectivity index (χ1v) is 6.48. The minimum atomic E-state index is 0.664. The minimum absolute atomic E-state index is 0.664. The van der Waals surface area contributed by atoms with E-state index in [9.17, 15) is 0 Å². The van der Waals surface area contributed by atoms with Gasteiger partial charge in [-0.1, -0.05) is 18.2 Å². The molecule has 0 amide bonds. The number of nitrogens with zero attached hydrogens (tertiary/aromatic N) is 2. The van der Waals surface area contributed by atoms with E-state index in [1.165, 1.54) is 23.7 Å². The smallest absolute Gasteiger partial charge is 0.0682 e. The third-order valence-electron chi connectivity index (χ3n) is 3.67. The molecule has 1 aromatic heterocycles. The van der Waals surface area contributed by atoms with Crippen molar-refractivity contribution in [2.45, 2.75) is 32.4 Å². The Morgan fingerprint density at radius 3 is 3.06 bits per heavy atom. The van der Waals surface area contributed by atoms with Gasteiger partial charge in [-0.2, -0.15) is 5.10 Å². The molecule has 3 rings (SSSR count). The first-order valence-electron chi connectivity index (χ1n) is 6.48. The zero-order valence-corrected chi connectivity index (χ0v) is 10.3. The fraction of sp³-hybridized carbons (Fsp3) is 0.500. The van der Waals surface area contributed by atoms with Gasteiger partial charge in [-0.05, 0) is 31.7 Å². The number of hydrogen-bond acceptors (Lipinski definition) is 2. The molecule has 0 bridgehead atoms. The van der Waals surface area contributed by atoms with Crippen LogP contribution in [0.2, 0.25) is 0 Å². The summed E-state index contributed by atoms with van der Waals surface area (Å²) in [7, 11) is 0. The molecule has 1 heterocycles. The number of benzene rings is 1. The molecule has 1 aromatic carbocycles. The van der Waals surface area contributed by atoms with Gasteiger partial charge < -0.3 is 5.32 Å². The number of aromatic nitrogens is 2. The summed E-state index contributed by atoms with van der Waals surface area (Å²) >= 11 is 0. The second-order valence-electron chi connectivity index (χ2n) is 5.01. The van der Waals surface area contributed by atoms with Crippen molar-refractivity contribution in [2.75, 3.05) is 6.54 Å². The van der Waals surface area contributed by atoms with Gasteiger partial charge in [0.05, 0.1) is 18.3 Å². The monoisotopic (exact) mass is 229 g/mol. The van der Waals surface area contributed by atoms with E-state index < -0.39 is 0 Å². The van der Waals surface area contributed by atoms with Crippen LogP contribution in [0.1, 0.15) is 19.8 Å². The van der Waals surface area contributed by atoms with E-state index in [-0.39, 0.29) is 0 Å². The van der Waals surface area contributed by atoms with E-state index in [2.05, 4.69) is 46.3 Å². The summed E-state index contributed by atoms with van der Waals surface area (Å²) in [4.78, 5) is 0. The summed E-state index contributed by atoms with van der Waals surface area (Å²) in [5.41, 5.74) is 1.23.